The number of rotatable bonds is 2. The molecule has 2 rings (SSSR count). The van der Waals surface area contributed by atoms with E-state index in [2.05, 4.69) is 0 Å². The summed E-state index contributed by atoms with van der Waals surface area (Å²) in [4.78, 5) is 14.5. The molecule has 104 valence electrons. The maximum Gasteiger partial charge on any atom is 0.256 e. The second-order valence-corrected chi connectivity index (χ2v) is 5.33. The minimum atomic E-state index is -0.0676. The largest absolute Gasteiger partial charge is 0.398 e. The molecule has 1 saturated heterocycles. The average Bonchev–Trinajstić information content (AvgIpc) is 2.40. The van der Waals surface area contributed by atoms with Gasteiger partial charge in [0, 0.05) is 17.3 Å². The minimum absolute atomic E-state index is 0.0483. The summed E-state index contributed by atoms with van der Waals surface area (Å²) >= 11 is 5.95. The van der Waals surface area contributed by atoms with Crippen LogP contribution in [0.5, 0.6) is 0 Å². The van der Waals surface area contributed by atoms with Crippen LogP contribution in [0.3, 0.4) is 0 Å². The predicted molar refractivity (Wildman–Crippen MR) is 76.4 cm³/mol. The number of morpholine rings is 1. The van der Waals surface area contributed by atoms with Crippen molar-refractivity contribution in [2.45, 2.75) is 32.4 Å². The molecule has 5 heteroatoms. The lowest BCUT2D eigenvalue weighted by molar-refractivity contribution is -0.0443. The van der Waals surface area contributed by atoms with E-state index >= 15 is 0 Å². The molecule has 1 aliphatic heterocycles. The maximum absolute atomic E-state index is 12.6. The molecule has 2 unspecified atom stereocenters. The van der Waals surface area contributed by atoms with Gasteiger partial charge in [-0.1, -0.05) is 18.5 Å². The Balaban J connectivity index is 2.28. The van der Waals surface area contributed by atoms with E-state index < -0.39 is 0 Å². The summed E-state index contributed by atoms with van der Waals surface area (Å²) in [6.45, 7) is 5.17. The van der Waals surface area contributed by atoms with Crippen LogP contribution in [0.2, 0.25) is 5.02 Å². The van der Waals surface area contributed by atoms with Crippen molar-refractivity contribution in [3.8, 4) is 0 Å². The number of nitrogens with zero attached hydrogens (tertiary/aromatic N) is 1. The van der Waals surface area contributed by atoms with E-state index in [0.717, 1.165) is 6.42 Å². The number of nitrogen functional groups attached to an aromatic ring is 1. The van der Waals surface area contributed by atoms with Crippen LogP contribution in [-0.2, 0) is 4.74 Å². The first-order chi connectivity index (χ1) is 9.02. The van der Waals surface area contributed by atoms with Gasteiger partial charge >= 0.3 is 0 Å². The first-order valence-electron chi connectivity index (χ1n) is 6.50. The van der Waals surface area contributed by atoms with Gasteiger partial charge in [0.2, 0.25) is 0 Å². The molecule has 1 heterocycles. The number of hydrogen-bond donors (Lipinski definition) is 1. The van der Waals surface area contributed by atoms with Crippen LogP contribution in [0.1, 0.15) is 30.6 Å². The molecule has 0 spiro atoms. The molecule has 4 nitrogen and oxygen atoms in total. The summed E-state index contributed by atoms with van der Waals surface area (Å²) in [6, 6.07) is 5.08. The number of anilines is 1. The zero-order chi connectivity index (χ0) is 14.0. The van der Waals surface area contributed by atoms with Gasteiger partial charge in [0.05, 0.1) is 24.3 Å². The molecule has 0 aromatic heterocycles. The van der Waals surface area contributed by atoms with Crippen LogP contribution in [0, 0.1) is 0 Å². The van der Waals surface area contributed by atoms with Crippen LogP contribution in [0.4, 0.5) is 5.69 Å². The quantitative estimate of drug-likeness (QED) is 0.848. The maximum atomic E-state index is 12.6. The van der Waals surface area contributed by atoms with Crippen LogP contribution in [0.25, 0.3) is 0 Å². The molecular weight excluding hydrogens is 264 g/mol. The van der Waals surface area contributed by atoms with Gasteiger partial charge in [0.25, 0.3) is 5.91 Å². The van der Waals surface area contributed by atoms with E-state index in [4.69, 9.17) is 22.1 Å². The van der Waals surface area contributed by atoms with Gasteiger partial charge in [-0.25, -0.2) is 0 Å². The van der Waals surface area contributed by atoms with Crippen LogP contribution < -0.4 is 5.73 Å². The van der Waals surface area contributed by atoms with Gasteiger partial charge in [-0.2, -0.15) is 0 Å². The summed E-state index contributed by atoms with van der Waals surface area (Å²) in [5.74, 6) is -0.0676. The molecule has 1 aliphatic rings. The molecule has 2 atom stereocenters. The highest BCUT2D eigenvalue weighted by Gasteiger charge is 2.30. The smallest absolute Gasteiger partial charge is 0.256 e. The number of benzene rings is 1. The number of halogens is 1. The number of carbonyl (C=O) groups is 1. The molecule has 2 N–H and O–H groups in total. The molecule has 0 radical (unpaired) electrons. The van der Waals surface area contributed by atoms with Gasteiger partial charge in [0.15, 0.2) is 0 Å². The first kappa shape index (κ1) is 14.2. The van der Waals surface area contributed by atoms with E-state index in [0.29, 0.717) is 29.4 Å². The second kappa shape index (κ2) is 5.80. The van der Waals surface area contributed by atoms with Crippen molar-refractivity contribution in [2.75, 3.05) is 18.9 Å². The monoisotopic (exact) mass is 282 g/mol. The topological polar surface area (TPSA) is 55.6 Å². The van der Waals surface area contributed by atoms with Gasteiger partial charge < -0.3 is 15.4 Å². The lowest BCUT2D eigenvalue weighted by atomic mass is 10.1. The predicted octanol–water partition coefficient (Wildman–Crippen LogP) is 2.56. The standard InChI is InChI=1S/C14H19ClN2O2/c1-3-11-8-19-9(2)7-17(11)14(18)12-6-10(15)4-5-13(12)16/h4-6,9,11H,3,7-8,16H2,1-2H3. The molecule has 19 heavy (non-hydrogen) atoms. The molecule has 0 bridgehead atoms. The molecule has 1 aromatic rings. The second-order valence-electron chi connectivity index (χ2n) is 4.90. The van der Waals surface area contributed by atoms with Crippen molar-refractivity contribution in [3.63, 3.8) is 0 Å². The van der Waals surface area contributed by atoms with Crippen LogP contribution >= 0.6 is 11.6 Å². The Hall–Kier alpha value is -1.26. The lowest BCUT2D eigenvalue weighted by Gasteiger charge is -2.38. The zero-order valence-electron chi connectivity index (χ0n) is 11.2. The van der Waals surface area contributed by atoms with Crippen molar-refractivity contribution in [1.82, 2.24) is 4.90 Å². The number of ether oxygens (including phenoxy) is 1. The fraction of sp³-hybridized carbons (Fsp3) is 0.500. The van der Waals surface area contributed by atoms with E-state index in [1.165, 1.54) is 0 Å². The Morgan fingerprint density at radius 3 is 3.00 bits per heavy atom. The first-order valence-corrected chi connectivity index (χ1v) is 6.88. The van der Waals surface area contributed by atoms with Gasteiger partial charge in [0.1, 0.15) is 0 Å². The fourth-order valence-corrected chi connectivity index (χ4v) is 2.47. The Labute approximate surface area is 118 Å². The summed E-state index contributed by atoms with van der Waals surface area (Å²) < 4.78 is 5.60. The Morgan fingerprint density at radius 2 is 2.32 bits per heavy atom. The van der Waals surface area contributed by atoms with E-state index in [1.807, 2.05) is 18.7 Å². The number of nitrogens with two attached hydrogens (primary N) is 1. The summed E-state index contributed by atoms with van der Waals surface area (Å²) in [5.41, 5.74) is 6.81. The van der Waals surface area contributed by atoms with Crippen molar-refractivity contribution >= 4 is 23.2 Å². The Morgan fingerprint density at radius 1 is 1.58 bits per heavy atom. The van der Waals surface area contributed by atoms with Gasteiger partial charge in [-0.15, -0.1) is 0 Å². The third-order valence-corrected chi connectivity index (χ3v) is 3.68. The van der Waals surface area contributed by atoms with Crippen molar-refractivity contribution < 1.29 is 9.53 Å². The molecule has 1 aromatic carbocycles. The molecule has 1 amide bonds. The van der Waals surface area contributed by atoms with Crippen LogP contribution in [-0.4, -0.2) is 36.1 Å². The van der Waals surface area contributed by atoms with E-state index in [9.17, 15) is 4.79 Å². The average molecular weight is 283 g/mol. The zero-order valence-corrected chi connectivity index (χ0v) is 12.0. The van der Waals surface area contributed by atoms with Crippen LogP contribution in [0.15, 0.2) is 18.2 Å². The van der Waals surface area contributed by atoms with Gasteiger partial charge in [-0.05, 0) is 31.5 Å². The number of hydrogen-bond acceptors (Lipinski definition) is 3. The Kier molecular flexibility index (Phi) is 4.32. The highest BCUT2D eigenvalue weighted by Crippen LogP contribution is 2.23. The van der Waals surface area contributed by atoms with Crippen molar-refractivity contribution in [3.05, 3.63) is 28.8 Å². The van der Waals surface area contributed by atoms with Crippen molar-refractivity contribution in [2.24, 2.45) is 0 Å². The molecular formula is C14H19ClN2O2. The fourth-order valence-electron chi connectivity index (χ4n) is 2.30. The summed E-state index contributed by atoms with van der Waals surface area (Å²) in [5, 5.41) is 0.520. The van der Waals surface area contributed by atoms with E-state index in [1.54, 1.807) is 18.2 Å². The number of carbonyl (C=O) groups excluding carboxylic acids is 1. The normalized spacial score (nSPS) is 23.4. The highest BCUT2D eigenvalue weighted by molar-refractivity contribution is 6.31. The van der Waals surface area contributed by atoms with E-state index in [-0.39, 0.29) is 18.1 Å². The summed E-state index contributed by atoms with van der Waals surface area (Å²) in [7, 11) is 0. The SMILES string of the molecule is CCC1COC(C)CN1C(=O)c1cc(Cl)ccc1N. The Bertz CT molecular complexity index is 479. The third kappa shape index (κ3) is 3.01. The third-order valence-electron chi connectivity index (χ3n) is 3.45. The van der Waals surface area contributed by atoms with Crippen molar-refractivity contribution in [1.29, 1.82) is 0 Å². The van der Waals surface area contributed by atoms with Gasteiger partial charge in [-0.3, -0.25) is 4.79 Å². The molecule has 0 aliphatic carbocycles. The highest BCUT2D eigenvalue weighted by atomic mass is 35.5. The number of amides is 1. The summed E-state index contributed by atoms with van der Waals surface area (Å²) in [6.07, 6.45) is 0.908. The minimum Gasteiger partial charge on any atom is -0.398 e. The lowest BCUT2D eigenvalue weighted by Crippen LogP contribution is -2.51. The molecule has 0 saturated carbocycles. The molecule has 1 fully saturated rings.